The fourth-order valence-corrected chi connectivity index (χ4v) is 6.15. The van der Waals surface area contributed by atoms with Crippen molar-refractivity contribution in [2.45, 2.75) is 38.1 Å². The van der Waals surface area contributed by atoms with Gasteiger partial charge in [-0.05, 0) is 62.2 Å². The summed E-state index contributed by atoms with van der Waals surface area (Å²) in [6.07, 6.45) is 13.9. The summed E-state index contributed by atoms with van der Waals surface area (Å²) in [5, 5.41) is 0. The summed E-state index contributed by atoms with van der Waals surface area (Å²) in [5.74, 6) is 4.00. The van der Waals surface area contributed by atoms with Gasteiger partial charge in [-0.1, -0.05) is 19.7 Å². The van der Waals surface area contributed by atoms with Gasteiger partial charge in [-0.15, -0.1) is 0 Å². The van der Waals surface area contributed by atoms with Gasteiger partial charge in [0.05, 0.1) is 25.7 Å². The minimum atomic E-state index is 0.830. The van der Waals surface area contributed by atoms with Crippen molar-refractivity contribution in [3.8, 4) is 0 Å². The first-order valence-corrected chi connectivity index (χ1v) is 8.41. The Bertz CT molecular complexity index is 340. The summed E-state index contributed by atoms with van der Waals surface area (Å²) < 4.78 is 1.14. The standard InChI is InChI=1S/C19H30N/c1-4-7-20(8-5-2,9-6-3)19-17-11-15-10-16(13-17)14-18(19)12-15/h4-6,15-19H,1-3,7-14H2/q+1. The molecule has 4 saturated carbocycles. The Balaban J connectivity index is 1.91. The van der Waals surface area contributed by atoms with Gasteiger partial charge in [0.1, 0.15) is 0 Å². The molecule has 0 aromatic heterocycles. The largest absolute Gasteiger partial charge is 0.311 e. The average molecular weight is 272 g/mol. The molecule has 0 aromatic rings. The molecular formula is C19H30N+. The number of hydrogen-bond acceptors (Lipinski definition) is 0. The van der Waals surface area contributed by atoms with Crippen LogP contribution in [0.1, 0.15) is 32.1 Å². The van der Waals surface area contributed by atoms with E-state index in [0.717, 1.165) is 53.8 Å². The molecule has 0 N–H and O–H groups in total. The maximum Gasteiger partial charge on any atom is 0.0978 e. The van der Waals surface area contributed by atoms with Crippen molar-refractivity contribution in [2.24, 2.45) is 23.7 Å². The van der Waals surface area contributed by atoms with E-state index in [0.29, 0.717) is 0 Å². The third-order valence-corrected chi connectivity index (χ3v) is 6.29. The van der Waals surface area contributed by atoms with Gasteiger partial charge in [0.2, 0.25) is 0 Å². The van der Waals surface area contributed by atoms with Gasteiger partial charge < -0.3 is 4.48 Å². The van der Waals surface area contributed by atoms with E-state index in [1.807, 2.05) is 0 Å². The molecule has 4 aliphatic rings. The molecule has 4 rings (SSSR count). The molecule has 0 saturated heterocycles. The molecular weight excluding hydrogens is 242 g/mol. The minimum absolute atomic E-state index is 0.830. The third kappa shape index (κ3) is 2.20. The highest BCUT2D eigenvalue weighted by Gasteiger charge is 2.55. The zero-order chi connectivity index (χ0) is 14.2. The van der Waals surface area contributed by atoms with Crippen molar-refractivity contribution in [1.29, 1.82) is 0 Å². The van der Waals surface area contributed by atoms with E-state index in [9.17, 15) is 0 Å². The Kier molecular flexibility index (Phi) is 3.90. The van der Waals surface area contributed by atoms with Crippen LogP contribution in [0, 0.1) is 23.7 Å². The second kappa shape index (κ2) is 5.52. The molecule has 0 unspecified atom stereocenters. The molecule has 20 heavy (non-hydrogen) atoms. The van der Waals surface area contributed by atoms with Crippen molar-refractivity contribution in [3.63, 3.8) is 0 Å². The first-order chi connectivity index (χ1) is 9.72. The fraction of sp³-hybridized carbons (Fsp3) is 0.684. The van der Waals surface area contributed by atoms with Gasteiger partial charge >= 0.3 is 0 Å². The molecule has 0 aliphatic heterocycles. The predicted molar refractivity (Wildman–Crippen MR) is 86.3 cm³/mol. The van der Waals surface area contributed by atoms with Crippen LogP contribution in [0.2, 0.25) is 0 Å². The maximum absolute atomic E-state index is 4.04. The smallest absolute Gasteiger partial charge is 0.0978 e. The monoisotopic (exact) mass is 272 g/mol. The van der Waals surface area contributed by atoms with Crippen molar-refractivity contribution in [2.75, 3.05) is 19.6 Å². The van der Waals surface area contributed by atoms with E-state index in [4.69, 9.17) is 0 Å². The van der Waals surface area contributed by atoms with Crippen molar-refractivity contribution in [3.05, 3.63) is 38.0 Å². The molecule has 4 fully saturated rings. The van der Waals surface area contributed by atoms with Gasteiger partial charge in [0.25, 0.3) is 0 Å². The molecule has 0 heterocycles. The molecule has 0 aromatic carbocycles. The number of hydrogen-bond donors (Lipinski definition) is 0. The van der Waals surface area contributed by atoms with Crippen molar-refractivity contribution < 1.29 is 4.48 Å². The quantitative estimate of drug-likeness (QED) is 0.481. The lowest BCUT2D eigenvalue weighted by atomic mass is 9.53. The van der Waals surface area contributed by atoms with Crippen LogP contribution >= 0.6 is 0 Å². The van der Waals surface area contributed by atoms with Crippen LogP contribution in [0.25, 0.3) is 0 Å². The molecule has 0 spiro atoms. The Hall–Kier alpha value is -0.820. The average Bonchev–Trinajstić information content (AvgIpc) is 2.38. The lowest BCUT2D eigenvalue weighted by Gasteiger charge is -2.60. The van der Waals surface area contributed by atoms with E-state index in [2.05, 4.69) is 38.0 Å². The summed E-state index contributed by atoms with van der Waals surface area (Å²) in [4.78, 5) is 0. The Morgan fingerprint density at radius 2 is 1.10 bits per heavy atom. The summed E-state index contributed by atoms with van der Waals surface area (Å²) >= 11 is 0. The fourth-order valence-electron chi connectivity index (χ4n) is 6.15. The van der Waals surface area contributed by atoms with Crippen LogP contribution in [-0.2, 0) is 0 Å². The van der Waals surface area contributed by atoms with Gasteiger partial charge in [0, 0.05) is 11.8 Å². The predicted octanol–water partition coefficient (Wildman–Crippen LogP) is 4.19. The molecule has 110 valence electrons. The highest BCUT2D eigenvalue weighted by molar-refractivity contribution is 5.00. The summed E-state index contributed by atoms with van der Waals surface area (Å²) in [5.41, 5.74) is 0. The SMILES string of the molecule is C=CC[N+](CC=C)(CC=C)C1C2CC3CC(C2)CC1C3. The molecule has 0 atom stereocenters. The third-order valence-electron chi connectivity index (χ3n) is 6.29. The Morgan fingerprint density at radius 1 is 0.700 bits per heavy atom. The summed E-state index contributed by atoms with van der Waals surface area (Å²) in [6, 6.07) is 0.830. The van der Waals surface area contributed by atoms with Crippen LogP contribution in [0.3, 0.4) is 0 Å². The molecule has 1 heteroatoms. The molecule has 4 bridgehead atoms. The zero-order valence-corrected chi connectivity index (χ0v) is 12.8. The van der Waals surface area contributed by atoms with Crippen LogP contribution in [0.5, 0.6) is 0 Å². The van der Waals surface area contributed by atoms with Gasteiger partial charge in [-0.25, -0.2) is 0 Å². The van der Waals surface area contributed by atoms with Gasteiger partial charge in [-0.2, -0.15) is 0 Å². The van der Waals surface area contributed by atoms with Crippen molar-refractivity contribution >= 4 is 0 Å². The number of nitrogens with zero attached hydrogens (tertiary/aromatic N) is 1. The first-order valence-electron chi connectivity index (χ1n) is 8.41. The van der Waals surface area contributed by atoms with Crippen LogP contribution in [0.15, 0.2) is 38.0 Å². The van der Waals surface area contributed by atoms with Gasteiger partial charge in [0.15, 0.2) is 0 Å². The highest BCUT2D eigenvalue weighted by atomic mass is 15.4. The molecule has 0 radical (unpaired) electrons. The second-order valence-electron chi connectivity index (χ2n) is 7.55. The molecule has 1 nitrogen and oxygen atoms in total. The van der Waals surface area contributed by atoms with E-state index in [-0.39, 0.29) is 0 Å². The Morgan fingerprint density at radius 3 is 1.45 bits per heavy atom. The molecule has 4 aliphatic carbocycles. The molecule has 0 amide bonds. The zero-order valence-electron chi connectivity index (χ0n) is 12.8. The summed E-state index contributed by atoms with van der Waals surface area (Å²) in [7, 11) is 0. The highest BCUT2D eigenvalue weighted by Crippen LogP contribution is 2.56. The van der Waals surface area contributed by atoms with Crippen LogP contribution < -0.4 is 0 Å². The first kappa shape index (κ1) is 14.1. The number of quaternary nitrogens is 1. The number of rotatable bonds is 7. The van der Waals surface area contributed by atoms with Gasteiger partial charge in [-0.3, -0.25) is 0 Å². The lowest BCUT2D eigenvalue weighted by Crippen LogP contribution is -2.66. The second-order valence-corrected chi connectivity index (χ2v) is 7.55. The summed E-state index contributed by atoms with van der Waals surface area (Å²) in [6.45, 7) is 15.3. The van der Waals surface area contributed by atoms with E-state index in [1.54, 1.807) is 0 Å². The normalized spacial score (nSPS) is 38.7. The lowest BCUT2D eigenvalue weighted by molar-refractivity contribution is -0.946. The van der Waals surface area contributed by atoms with Crippen molar-refractivity contribution in [1.82, 2.24) is 0 Å². The van der Waals surface area contributed by atoms with Crippen LogP contribution in [0.4, 0.5) is 0 Å². The Labute approximate surface area is 124 Å². The van der Waals surface area contributed by atoms with E-state index in [1.165, 1.54) is 32.1 Å². The van der Waals surface area contributed by atoms with E-state index >= 15 is 0 Å². The van der Waals surface area contributed by atoms with E-state index < -0.39 is 0 Å². The maximum atomic E-state index is 4.04. The topological polar surface area (TPSA) is 0 Å². The van der Waals surface area contributed by atoms with Crippen LogP contribution in [-0.4, -0.2) is 30.2 Å². The minimum Gasteiger partial charge on any atom is -0.311 e.